The minimum absolute atomic E-state index is 0.144. The van der Waals surface area contributed by atoms with Gasteiger partial charge in [0.05, 0.1) is 0 Å². The summed E-state index contributed by atoms with van der Waals surface area (Å²) in [6.45, 7) is 8.15. The summed E-state index contributed by atoms with van der Waals surface area (Å²) in [5, 5.41) is 8.66. The van der Waals surface area contributed by atoms with Crippen LogP contribution in [0, 0.1) is 12.8 Å². The van der Waals surface area contributed by atoms with Gasteiger partial charge < -0.3 is 16.0 Å². The van der Waals surface area contributed by atoms with Gasteiger partial charge in [-0.25, -0.2) is 9.97 Å². The van der Waals surface area contributed by atoms with Gasteiger partial charge in [-0.1, -0.05) is 13.8 Å². The summed E-state index contributed by atoms with van der Waals surface area (Å²) >= 11 is 0. The normalized spacial score (nSPS) is 10.4. The summed E-state index contributed by atoms with van der Waals surface area (Å²) in [5.74, 6) is 1.17. The Labute approximate surface area is 147 Å². The molecule has 7 nitrogen and oxygen atoms in total. The fraction of sp³-hybridized carbons (Fsp3) is 0.333. The predicted molar refractivity (Wildman–Crippen MR) is 98.8 cm³/mol. The van der Waals surface area contributed by atoms with Crippen LogP contribution in [0.4, 0.5) is 17.2 Å². The van der Waals surface area contributed by atoms with Crippen molar-refractivity contribution in [3.8, 4) is 0 Å². The van der Waals surface area contributed by atoms with Crippen LogP contribution in [0.3, 0.4) is 0 Å². The van der Waals surface area contributed by atoms with E-state index >= 15 is 0 Å². The SMILES string of the molecule is CC(=O)Nc1ccc(NC(=O)c2cc(NCC(C)C)nc(C)n2)cc1. The molecule has 0 saturated carbocycles. The maximum absolute atomic E-state index is 12.4. The molecule has 2 aromatic rings. The zero-order chi connectivity index (χ0) is 18.4. The van der Waals surface area contributed by atoms with E-state index in [2.05, 4.69) is 39.8 Å². The first-order chi connectivity index (χ1) is 11.8. The van der Waals surface area contributed by atoms with E-state index in [-0.39, 0.29) is 11.8 Å². The molecule has 0 aliphatic rings. The lowest BCUT2D eigenvalue weighted by atomic mass is 10.2. The molecule has 0 unspecified atom stereocenters. The average Bonchev–Trinajstić information content (AvgIpc) is 2.53. The van der Waals surface area contributed by atoms with Crippen molar-refractivity contribution in [3.05, 3.63) is 41.9 Å². The van der Waals surface area contributed by atoms with Gasteiger partial charge in [-0.05, 0) is 37.1 Å². The highest BCUT2D eigenvalue weighted by Gasteiger charge is 2.11. The van der Waals surface area contributed by atoms with Crippen molar-refractivity contribution in [1.82, 2.24) is 9.97 Å². The van der Waals surface area contributed by atoms with Crippen molar-refractivity contribution < 1.29 is 9.59 Å². The Morgan fingerprint density at radius 3 is 2.20 bits per heavy atom. The van der Waals surface area contributed by atoms with E-state index in [4.69, 9.17) is 0 Å². The van der Waals surface area contributed by atoms with E-state index in [1.807, 2.05) is 0 Å². The molecule has 25 heavy (non-hydrogen) atoms. The van der Waals surface area contributed by atoms with Crippen molar-refractivity contribution in [2.75, 3.05) is 22.5 Å². The monoisotopic (exact) mass is 341 g/mol. The summed E-state index contributed by atoms with van der Waals surface area (Å²) in [7, 11) is 0. The molecule has 0 saturated heterocycles. The lowest BCUT2D eigenvalue weighted by Crippen LogP contribution is -2.17. The molecule has 2 amide bonds. The van der Waals surface area contributed by atoms with Crippen LogP contribution in [-0.2, 0) is 4.79 Å². The van der Waals surface area contributed by atoms with Crippen LogP contribution in [-0.4, -0.2) is 28.3 Å². The second kappa shape index (κ2) is 8.23. The van der Waals surface area contributed by atoms with E-state index in [9.17, 15) is 9.59 Å². The van der Waals surface area contributed by atoms with E-state index < -0.39 is 0 Å². The number of benzene rings is 1. The number of aryl methyl sites for hydroxylation is 1. The molecule has 132 valence electrons. The van der Waals surface area contributed by atoms with Gasteiger partial charge in [-0.15, -0.1) is 0 Å². The van der Waals surface area contributed by atoms with Crippen molar-refractivity contribution >= 4 is 29.0 Å². The smallest absolute Gasteiger partial charge is 0.274 e. The molecular weight excluding hydrogens is 318 g/mol. The van der Waals surface area contributed by atoms with Gasteiger partial charge >= 0.3 is 0 Å². The topological polar surface area (TPSA) is 96.0 Å². The first-order valence-electron chi connectivity index (χ1n) is 8.12. The standard InChI is InChI=1S/C18H23N5O2/c1-11(2)10-19-17-9-16(20-12(3)21-17)18(25)23-15-7-5-14(6-8-15)22-13(4)24/h5-9,11H,10H2,1-4H3,(H,22,24)(H,23,25)(H,19,20,21). The van der Waals surface area contributed by atoms with Gasteiger partial charge in [-0.2, -0.15) is 0 Å². The molecule has 0 radical (unpaired) electrons. The zero-order valence-electron chi connectivity index (χ0n) is 14.9. The number of hydrogen-bond donors (Lipinski definition) is 3. The Hall–Kier alpha value is -2.96. The Morgan fingerprint density at radius 2 is 1.64 bits per heavy atom. The predicted octanol–water partition coefficient (Wildman–Crippen LogP) is 3.06. The summed E-state index contributed by atoms with van der Waals surface area (Å²) in [5.41, 5.74) is 1.58. The first kappa shape index (κ1) is 18.4. The van der Waals surface area contributed by atoms with Gasteiger partial charge in [0.15, 0.2) is 0 Å². The highest BCUT2D eigenvalue weighted by atomic mass is 16.2. The molecule has 0 bridgehead atoms. The fourth-order valence-electron chi connectivity index (χ4n) is 2.12. The number of aromatic nitrogens is 2. The molecule has 1 aromatic heterocycles. The number of nitrogens with one attached hydrogen (secondary N) is 3. The first-order valence-corrected chi connectivity index (χ1v) is 8.12. The summed E-state index contributed by atoms with van der Waals surface area (Å²) in [6, 6.07) is 8.51. The lowest BCUT2D eigenvalue weighted by molar-refractivity contribution is -0.114. The van der Waals surface area contributed by atoms with Gasteiger partial charge in [0.25, 0.3) is 5.91 Å². The van der Waals surface area contributed by atoms with Crippen LogP contribution >= 0.6 is 0 Å². The van der Waals surface area contributed by atoms with Crippen molar-refractivity contribution in [1.29, 1.82) is 0 Å². The molecule has 2 rings (SSSR count). The van der Waals surface area contributed by atoms with Gasteiger partial charge in [-0.3, -0.25) is 9.59 Å². The van der Waals surface area contributed by atoms with E-state index in [0.717, 1.165) is 6.54 Å². The van der Waals surface area contributed by atoms with Crippen LogP contribution in [0.15, 0.2) is 30.3 Å². The molecule has 0 fully saturated rings. The molecule has 0 aliphatic heterocycles. The largest absolute Gasteiger partial charge is 0.370 e. The van der Waals surface area contributed by atoms with Crippen LogP contribution in [0.2, 0.25) is 0 Å². The minimum atomic E-state index is -0.314. The molecule has 0 spiro atoms. The summed E-state index contributed by atoms with van der Waals surface area (Å²) in [6.07, 6.45) is 0. The highest BCUT2D eigenvalue weighted by molar-refractivity contribution is 6.03. The Kier molecular flexibility index (Phi) is 6.05. The lowest BCUT2D eigenvalue weighted by Gasteiger charge is -2.11. The molecular formula is C18H23N5O2. The number of carbonyl (C=O) groups excluding carboxylic acids is 2. The molecule has 3 N–H and O–H groups in total. The molecule has 1 heterocycles. The van der Waals surface area contributed by atoms with Gasteiger partial charge in [0.2, 0.25) is 5.91 Å². The Balaban J connectivity index is 2.08. The number of carbonyl (C=O) groups is 2. The van der Waals surface area contributed by atoms with E-state index in [0.29, 0.717) is 34.6 Å². The maximum atomic E-state index is 12.4. The third-order valence-electron chi connectivity index (χ3n) is 3.23. The summed E-state index contributed by atoms with van der Waals surface area (Å²) < 4.78 is 0. The molecule has 7 heteroatoms. The molecule has 1 aromatic carbocycles. The molecule has 0 aliphatic carbocycles. The number of anilines is 3. The Bertz CT molecular complexity index is 757. The maximum Gasteiger partial charge on any atom is 0.274 e. The van der Waals surface area contributed by atoms with Crippen LogP contribution < -0.4 is 16.0 Å². The third kappa shape index (κ3) is 5.87. The van der Waals surface area contributed by atoms with Crippen LogP contribution in [0.1, 0.15) is 37.1 Å². The second-order valence-corrected chi connectivity index (χ2v) is 6.17. The van der Waals surface area contributed by atoms with Gasteiger partial charge in [0, 0.05) is 30.9 Å². The van der Waals surface area contributed by atoms with Gasteiger partial charge in [0.1, 0.15) is 17.3 Å². The average molecular weight is 341 g/mol. The van der Waals surface area contributed by atoms with Crippen LogP contribution in [0.25, 0.3) is 0 Å². The van der Waals surface area contributed by atoms with Crippen LogP contribution in [0.5, 0.6) is 0 Å². The van der Waals surface area contributed by atoms with E-state index in [1.54, 1.807) is 37.3 Å². The fourth-order valence-corrected chi connectivity index (χ4v) is 2.12. The Morgan fingerprint density at radius 1 is 1.04 bits per heavy atom. The van der Waals surface area contributed by atoms with E-state index in [1.165, 1.54) is 6.92 Å². The zero-order valence-corrected chi connectivity index (χ0v) is 14.9. The number of hydrogen-bond acceptors (Lipinski definition) is 5. The number of nitrogens with zero attached hydrogens (tertiary/aromatic N) is 2. The minimum Gasteiger partial charge on any atom is -0.370 e. The number of amides is 2. The summed E-state index contributed by atoms with van der Waals surface area (Å²) in [4.78, 5) is 31.9. The van der Waals surface area contributed by atoms with Crippen molar-refractivity contribution in [2.45, 2.75) is 27.7 Å². The quantitative estimate of drug-likeness (QED) is 0.750. The third-order valence-corrected chi connectivity index (χ3v) is 3.23. The van der Waals surface area contributed by atoms with Crippen molar-refractivity contribution in [3.63, 3.8) is 0 Å². The molecule has 0 atom stereocenters. The number of rotatable bonds is 6. The second-order valence-electron chi connectivity index (χ2n) is 6.17. The highest BCUT2D eigenvalue weighted by Crippen LogP contribution is 2.15. The van der Waals surface area contributed by atoms with Crippen molar-refractivity contribution in [2.24, 2.45) is 5.92 Å².